The molecule has 14 rings (SSSR count). The molecule has 4 saturated carbocycles. The minimum absolute atomic E-state index is 0.0306. The first-order chi connectivity index (χ1) is 63.9. The summed E-state index contributed by atoms with van der Waals surface area (Å²) in [6, 6.07) is 0. The molecule has 0 spiro atoms. The Hall–Kier alpha value is -3.56. The summed E-state index contributed by atoms with van der Waals surface area (Å²) in [5, 5.41) is 289. The molecule has 9 aliphatic heterocycles. The molecule has 14 aliphatic rings. The van der Waals surface area contributed by atoms with Gasteiger partial charge >= 0.3 is 11.9 Å². The number of hydrogen-bond donors (Lipinski definition) is 26. The molecular formula is C89H142O47. The van der Waals surface area contributed by atoms with Crippen molar-refractivity contribution in [2.45, 2.75) is 396 Å². The molecule has 51 atom stereocenters. The maximum absolute atomic E-state index is 16.7. The lowest BCUT2D eigenvalue weighted by atomic mass is 9.33. The summed E-state index contributed by atoms with van der Waals surface area (Å²) in [5.41, 5.74) is -7.03. The molecule has 9 saturated heterocycles. The third-order valence-corrected chi connectivity index (χ3v) is 32.4. The van der Waals surface area contributed by atoms with Crippen LogP contribution in [0.2, 0.25) is 0 Å². The van der Waals surface area contributed by atoms with Gasteiger partial charge in [-0.05, 0) is 123 Å². The Balaban J connectivity index is 0.744. The lowest BCUT2D eigenvalue weighted by molar-refractivity contribution is -0.372. The van der Waals surface area contributed by atoms with E-state index in [4.69, 9.17) is 90.0 Å². The van der Waals surface area contributed by atoms with Crippen molar-refractivity contribution in [3.63, 3.8) is 0 Å². The molecule has 0 aromatic carbocycles. The number of carbonyl (C=O) groups excluding carboxylic acids is 2. The van der Waals surface area contributed by atoms with Crippen molar-refractivity contribution in [3.05, 3.63) is 36.0 Å². The summed E-state index contributed by atoms with van der Waals surface area (Å²) in [6.45, 7) is 14.6. The first-order valence-electron chi connectivity index (χ1n) is 46.7. The predicted molar refractivity (Wildman–Crippen MR) is 446 cm³/mol. The van der Waals surface area contributed by atoms with Crippen molar-refractivity contribution >= 4 is 11.9 Å². The number of aliphatic hydroxyl groups is 26. The second kappa shape index (κ2) is 42.5. The maximum Gasteiger partial charge on any atom is 0.333 e. The third-order valence-electron chi connectivity index (χ3n) is 32.4. The molecule has 0 bridgehead atoms. The number of carbonyl (C=O) groups is 2. The van der Waals surface area contributed by atoms with E-state index >= 15 is 9.59 Å². The molecule has 0 amide bonds. The molecule has 0 aromatic heterocycles. The number of aliphatic hydroxyl groups excluding tert-OH is 26. The highest BCUT2D eigenvalue weighted by molar-refractivity contribution is 5.88. The monoisotopic (exact) mass is 1960 g/mol. The molecule has 136 heavy (non-hydrogen) atoms. The third kappa shape index (κ3) is 20.4. The molecule has 21 unspecified atom stereocenters. The zero-order chi connectivity index (χ0) is 99.4. The Bertz CT molecular complexity index is 4060. The van der Waals surface area contributed by atoms with E-state index in [-0.39, 0.29) is 43.1 Å². The lowest BCUT2D eigenvalue weighted by Gasteiger charge is -2.72. The summed E-state index contributed by atoms with van der Waals surface area (Å²) in [6.07, 6.45) is -70.2. The number of fused-ring (bicyclic) bond motifs is 7. The van der Waals surface area contributed by atoms with Gasteiger partial charge in [0.2, 0.25) is 6.29 Å². The zero-order valence-corrected chi connectivity index (χ0v) is 77.1. The van der Waals surface area contributed by atoms with Gasteiger partial charge in [-0.3, -0.25) is 4.79 Å². The van der Waals surface area contributed by atoms with Gasteiger partial charge in [0.05, 0.1) is 83.4 Å². The lowest BCUT2D eigenvalue weighted by Crippen LogP contribution is -2.69. The van der Waals surface area contributed by atoms with Crippen LogP contribution >= 0.6 is 0 Å². The van der Waals surface area contributed by atoms with Gasteiger partial charge in [0.25, 0.3) is 0 Å². The fourth-order valence-electron chi connectivity index (χ4n) is 23.5. The fourth-order valence-corrected chi connectivity index (χ4v) is 23.5. The van der Waals surface area contributed by atoms with Gasteiger partial charge in [-0.1, -0.05) is 72.3 Å². The SMILES string of the molecule is C=CC(C)(CC/C=C(\C)C(=O)O[C@H]1[C@H](O)[C@@H](COC2OC(CO)C(O)C(O)C2O)O[C@@H](OC(=O)[C@]23CC(O)C(C)(C)CC2C2=CCC4[C@@]5(C)CC[C@H](O[C@@H]6O[C@H](CO[C@@H]7OC[C@H](O)[C@H](O)[C@H]7O[C@@H]7OC[C@@H](O)[C@H](O)[C@H]7O)[C@@H](O)[C@H](O)[C@H]6O)C(C)(C)C5CC[C@@]4(C)[C@]2(C)CC3O)[C@@H]1OC1OCC(O[C@@H]2OC[C@@H](O)[C@H](OC3OC[C@@H](O)[C@H](O)[C@H]3O)[C@H]2O)C(O)C1O)OC1OC(CO)C(O)C(O)C1O. The van der Waals surface area contributed by atoms with Crippen LogP contribution in [0.1, 0.15) is 127 Å². The Morgan fingerprint density at radius 2 is 0.934 bits per heavy atom. The smallest absolute Gasteiger partial charge is 0.333 e. The molecule has 26 N–H and O–H groups in total. The van der Waals surface area contributed by atoms with Gasteiger partial charge in [0.1, 0.15) is 182 Å². The summed E-state index contributed by atoms with van der Waals surface area (Å²) >= 11 is 0. The van der Waals surface area contributed by atoms with Crippen LogP contribution in [0.3, 0.4) is 0 Å². The number of ether oxygens (including phenoxy) is 19. The van der Waals surface area contributed by atoms with E-state index in [1.54, 1.807) is 0 Å². The van der Waals surface area contributed by atoms with E-state index in [1.165, 1.54) is 26.0 Å². The second-order valence-electron chi connectivity index (χ2n) is 41.6. The average Bonchev–Trinajstić information content (AvgIpc) is 0.667. The van der Waals surface area contributed by atoms with Crippen molar-refractivity contribution < 1.29 is 232 Å². The minimum Gasteiger partial charge on any atom is -0.453 e. The molecular weight excluding hydrogens is 1820 g/mol. The van der Waals surface area contributed by atoms with Crippen molar-refractivity contribution in [2.24, 2.45) is 50.2 Å². The summed E-state index contributed by atoms with van der Waals surface area (Å²) in [4.78, 5) is 31.8. The average molecular weight is 1960 g/mol. The van der Waals surface area contributed by atoms with Crippen LogP contribution in [0.5, 0.6) is 0 Å². The molecule has 13 fully saturated rings. The van der Waals surface area contributed by atoms with Crippen LogP contribution in [0.25, 0.3) is 0 Å². The minimum atomic E-state index is -2.37. The summed E-state index contributed by atoms with van der Waals surface area (Å²) in [7, 11) is 0. The summed E-state index contributed by atoms with van der Waals surface area (Å²) < 4.78 is 114. The standard InChI is InChI=1S/C89H142O47/c1-11-85(7,136-79-66(114)59(107)54(102)41(25-91)126-79)18-12-13-33(2)72(116)131-69-57(105)44(32-122-73-64(112)58(106)53(101)40(24-90)125-73)129-81(71(69)134-76-63(111)56(104)43(30-123-76)127-77-67(115)68(39(95)29-120-77)132-74-61(109)50(98)36(92)26-118-74)135-82(117)89-23-47(96)83(3,4)21-35(89)34-14-15-46-86(8)19-17-49(84(5,6)45(86)16-20-87(46,9)88(34,10)22-48(89)97)130-78-65(113)60(108)55(103)42(128-78)31-124-80-70(52(100)38(94)28-121-80)133-75-62(110)51(99)37(93)27-119-75/h11,13-14,35-71,73-81,90-115H,1,12,15-32H2,2-10H3/b33-13+/t35?,36-,37-,38+,39-,40?,41?,42-,43?,44-,45?,46?,47?,48?,49+,50+,51+,52+,53?,54?,55-,56?,57-,58?,59?,60+,61-,62-,63?,64?,65-,66?,67-,68+,69+,70-,71-,73?,74?,75+,76?,77+,78+,79?,80+,81+,85?,86+,87-,88-,89-/m1/s1. The Morgan fingerprint density at radius 1 is 0.449 bits per heavy atom. The van der Waals surface area contributed by atoms with Crippen LogP contribution < -0.4 is 0 Å². The predicted octanol–water partition coefficient (Wildman–Crippen LogP) is -9.56. The molecule has 47 nitrogen and oxygen atoms in total. The van der Waals surface area contributed by atoms with E-state index in [2.05, 4.69) is 33.4 Å². The van der Waals surface area contributed by atoms with Gasteiger partial charge in [-0.25, -0.2) is 4.79 Å². The number of esters is 2. The molecule has 9 heterocycles. The van der Waals surface area contributed by atoms with Crippen LogP contribution in [0.15, 0.2) is 36.0 Å². The van der Waals surface area contributed by atoms with Crippen molar-refractivity contribution in [3.8, 4) is 0 Å². The van der Waals surface area contributed by atoms with E-state index in [1.807, 2.05) is 27.7 Å². The highest BCUT2D eigenvalue weighted by atomic mass is 16.8. The number of hydrogen-bond acceptors (Lipinski definition) is 47. The molecule has 5 aliphatic carbocycles. The maximum atomic E-state index is 16.7. The highest BCUT2D eigenvalue weighted by Gasteiger charge is 2.74. The van der Waals surface area contributed by atoms with Gasteiger partial charge < -0.3 is 223 Å². The quantitative estimate of drug-likeness (QED) is 0.0150. The molecule has 47 heteroatoms. The van der Waals surface area contributed by atoms with Crippen molar-refractivity contribution in [2.75, 3.05) is 59.5 Å². The van der Waals surface area contributed by atoms with E-state index in [9.17, 15) is 133 Å². The van der Waals surface area contributed by atoms with Crippen molar-refractivity contribution in [1.82, 2.24) is 0 Å². The highest BCUT2D eigenvalue weighted by Crippen LogP contribution is 2.76. The van der Waals surface area contributed by atoms with Crippen molar-refractivity contribution in [1.29, 1.82) is 0 Å². The van der Waals surface area contributed by atoms with E-state index in [0.717, 1.165) is 5.57 Å². The number of rotatable bonds is 28. The number of allylic oxidation sites excluding steroid dienone is 3. The van der Waals surface area contributed by atoms with Crippen LogP contribution in [-0.2, 0) is 99.6 Å². The van der Waals surface area contributed by atoms with Crippen LogP contribution in [-0.4, -0.2) is 474 Å². The molecule has 0 radical (unpaired) electrons. The van der Waals surface area contributed by atoms with Gasteiger partial charge in [0.15, 0.2) is 62.5 Å². The normalized spacial score (nSPS) is 51.4. The van der Waals surface area contributed by atoms with Crippen LogP contribution in [0, 0.1) is 50.2 Å². The van der Waals surface area contributed by atoms with E-state index in [0.29, 0.717) is 32.1 Å². The first kappa shape index (κ1) is 108. The first-order valence-corrected chi connectivity index (χ1v) is 46.7. The van der Waals surface area contributed by atoms with Gasteiger partial charge in [-0.15, -0.1) is 6.58 Å². The Labute approximate surface area is 783 Å². The molecule has 780 valence electrons. The zero-order valence-electron chi connectivity index (χ0n) is 77.1. The van der Waals surface area contributed by atoms with Gasteiger partial charge in [-0.2, -0.15) is 0 Å². The topological polar surface area (TPSA) is 735 Å². The fraction of sp³-hybridized carbons (Fsp3) is 0.910. The van der Waals surface area contributed by atoms with Gasteiger partial charge in [0, 0.05) is 5.57 Å². The largest absolute Gasteiger partial charge is 0.453 e. The molecule has 0 aromatic rings. The summed E-state index contributed by atoms with van der Waals surface area (Å²) in [5.74, 6) is -3.80. The van der Waals surface area contributed by atoms with E-state index < -0.39 is 386 Å². The Morgan fingerprint density at radius 3 is 1.53 bits per heavy atom. The second-order valence-corrected chi connectivity index (χ2v) is 41.6. The van der Waals surface area contributed by atoms with Crippen LogP contribution in [0.4, 0.5) is 0 Å². The Kier molecular flexibility index (Phi) is 33.8.